The molecule has 0 saturated heterocycles. The molecule has 1 spiro atoms. The fourth-order valence-corrected chi connectivity index (χ4v) is 9.35. The minimum absolute atomic E-state index is 0.156. The number of fused-ring (bicyclic) bond motifs is 6. The highest BCUT2D eigenvalue weighted by atomic mass is 31.2. The van der Waals surface area contributed by atoms with Gasteiger partial charge in [-0.15, -0.1) is 0 Å². The molecule has 13 nitrogen and oxygen atoms in total. The summed E-state index contributed by atoms with van der Waals surface area (Å²) in [5.41, 5.74) is -0.776. The number of nitrogens with zero attached hydrogens (tertiary/aromatic N) is 2. The number of amides is 1. The summed E-state index contributed by atoms with van der Waals surface area (Å²) in [7, 11) is -1.30. The van der Waals surface area contributed by atoms with E-state index in [1.165, 1.54) is 0 Å². The molecular weight excluding hydrogens is 834 g/mol. The van der Waals surface area contributed by atoms with Crippen LogP contribution in [0.2, 0.25) is 0 Å². The van der Waals surface area contributed by atoms with Crippen LogP contribution < -0.4 is 19.5 Å². The highest BCUT2D eigenvalue weighted by molar-refractivity contribution is 7.44. The van der Waals surface area contributed by atoms with Crippen LogP contribution in [0.3, 0.4) is 0 Å². The van der Waals surface area contributed by atoms with Gasteiger partial charge in [-0.1, -0.05) is 44.4 Å². The molecule has 3 aromatic carbocycles. The van der Waals surface area contributed by atoms with Crippen LogP contribution in [0, 0.1) is 22.2 Å². The Labute approximate surface area is 380 Å². The zero-order valence-corrected chi connectivity index (χ0v) is 40.3. The molecule has 1 amide bonds. The second kappa shape index (κ2) is 21.4. The van der Waals surface area contributed by atoms with Gasteiger partial charge in [0.05, 0.1) is 48.0 Å². The number of esters is 3. The van der Waals surface area contributed by atoms with E-state index >= 15 is 0 Å². The molecule has 2 aliphatic rings. The van der Waals surface area contributed by atoms with Gasteiger partial charge < -0.3 is 33.3 Å². The van der Waals surface area contributed by atoms with E-state index in [1.54, 1.807) is 84.0 Å². The Morgan fingerprint density at radius 2 is 1.45 bits per heavy atom. The van der Waals surface area contributed by atoms with Crippen molar-refractivity contribution in [3.63, 3.8) is 0 Å². The Bertz CT molecular complexity index is 2200. The summed E-state index contributed by atoms with van der Waals surface area (Å²) >= 11 is 0. The zero-order chi connectivity index (χ0) is 47.0. The van der Waals surface area contributed by atoms with E-state index in [2.05, 4.69) is 43.8 Å². The van der Waals surface area contributed by atoms with Crippen molar-refractivity contribution in [1.82, 2.24) is 9.99 Å². The van der Waals surface area contributed by atoms with Gasteiger partial charge in [-0.05, 0) is 113 Å². The minimum Gasteiger partial charge on any atom is -0.456 e. The highest BCUT2D eigenvalue weighted by Gasteiger charge is 2.54. The first kappa shape index (κ1) is 50.1. The molecule has 5 rings (SSSR count). The normalized spacial score (nSPS) is 16.4. The van der Waals surface area contributed by atoms with Gasteiger partial charge in [-0.3, -0.25) is 14.4 Å². The van der Waals surface area contributed by atoms with Gasteiger partial charge in [0, 0.05) is 53.0 Å². The first-order valence-electron chi connectivity index (χ1n) is 22.5. The zero-order valence-electron chi connectivity index (χ0n) is 39.4. The van der Waals surface area contributed by atoms with E-state index in [1.807, 2.05) is 19.1 Å². The van der Waals surface area contributed by atoms with Crippen molar-refractivity contribution in [1.29, 1.82) is 5.26 Å². The molecule has 0 bridgehead atoms. The van der Waals surface area contributed by atoms with Gasteiger partial charge in [0.1, 0.15) is 23.0 Å². The largest absolute Gasteiger partial charge is 0.456 e. The van der Waals surface area contributed by atoms with E-state index in [9.17, 15) is 19.2 Å². The molecule has 64 heavy (non-hydrogen) atoms. The molecule has 0 aromatic heterocycles. The van der Waals surface area contributed by atoms with Gasteiger partial charge >= 0.3 is 17.9 Å². The summed E-state index contributed by atoms with van der Waals surface area (Å²) in [5, 5.41) is 12.2. The van der Waals surface area contributed by atoms with Crippen molar-refractivity contribution < 1.29 is 47.2 Å². The molecule has 3 unspecified atom stereocenters. The lowest BCUT2D eigenvalue weighted by molar-refractivity contribution is -0.143. The van der Waals surface area contributed by atoms with E-state index in [0.717, 1.165) is 25.7 Å². The predicted molar refractivity (Wildman–Crippen MR) is 245 cm³/mol. The molecule has 346 valence electrons. The SMILES string of the molecule is CCCC(C(=O)NCCCCCCOP(OCCC#N)N(C(C)C)C(C)C)c1cc2c(cc1OC(=O)C(C)(C)C)Oc1cc(OC(=O)C(C)(C)C)ccc1C21OC(=O)c2ccccc21. The van der Waals surface area contributed by atoms with Crippen LogP contribution in [-0.4, -0.2) is 60.3 Å². The molecule has 1 N–H and O–H groups in total. The Morgan fingerprint density at radius 3 is 2.11 bits per heavy atom. The third kappa shape index (κ3) is 11.5. The third-order valence-corrected chi connectivity index (χ3v) is 13.1. The number of unbranched alkanes of at least 4 members (excludes halogenated alkanes) is 3. The van der Waals surface area contributed by atoms with E-state index < -0.39 is 48.8 Å². The maximum Gasteiger partial charge on any atom is 0.340 e. The van der Waals surface area contributed by atoms with Crippen molar-refractivity contribution in [3.05, 3.63) is 82.4 Å². The minimum atomic E-state index is -1.51. The lowest BCUT2D eigenvalue weighted by atomic mass is 9.76. The quantitative estimate of drug-likeness (QED) is 0.0495. The topological polar surface area (TPSA) is 163 Å². The lowest BCUT2D eigenvalue weighted by Gasteiger charge is -2.37. The van der Waals surface area contributed by atoms with Crippen LogP contribution in [0.4, 0.5) is 0 Å². The Hall–Kier alpha value is -4.86. The first-order chi connectivity index (χ1) is 30.2. The average Bonchev–Trinajstić information content (AvgIpc) is 3.51. The monoisotopic (exact) mass is 899 g/mol. The van der Waals surface area contributed by atoms with Gasteiger partial charge in [-0.2, -0.15) is 5.26 Å². The summed E-state index contributed by atoms with van der Waals surface area (Å²) < 4.78 is 39.4. The van der Waals surface area contributed by atoms with Gasteiger partial charge in [0.15, 0.2) is 5.60 Å². The Balaban J connectivity index is 1.42. The van der Waals surface area contributed by atoms with Crippen molar-refractivity contribution in [2.24, 2.45) is 10.8 Å². The molecule has 0 aliphatic carbocycles. The summed E-state index contributed by atoms with van der Waals surface area (Å²) in [6, 6.07) is 18.1. The molecule has 3 atom stereocenters. The molecule has 0 fully saturated rings. The fraction of sp³-hybridized carbons (Fsp3) is 0.540. The van der Waals surface area contributed by atoms with Crippen LogP contribution >= 0.6 is 8.53 Å². The van der Waals surface area contributed by atoms with Gasteiger partial charge in [0.2, 0.25) is 5.91 Å². The number of ether oxygens (including phenoxy) is 4. The summed E-state index contributed by atoms with van der Waals surface area (Å²) in [6.45, 7) is 22.2. The van der Waals surface area contributed by atoms with Crippen LogP contribution in [0.5, 0.6) is 23.0 Å². The fourth-order valence-electron chi connectivity index (χ4n) is 7.72. The molecule has 2 aliphatic heterocycles. The Morgan fingerprint density at radius 1 is 0.812 bits per heavy atom. The number of nitriles is 1. The smallest absolute Gasteiger partial charge is 0.340 e. The molecule has 2 heterocycles. The molecule has 0 saturated carbocycles. The molecular formula is C50H66N3O10P. The van der Waals surface area contributed by atoms with Crippen LogP contribution in [0.1, 0.15) is 160 Å². The van der Waals surface area contributed by atoms with Crippen LogP contribution in [0.25, 0.3) is 0 Å². The van der Waals surface area contributed by atoms with Gasteiger partial charge in [-0.25, -0.2) is 9.46 Å². The number of rotatable bonds is 20. The Kier molecular flexibility index (Phi) is 16.8. The predicted octanol–water partition coefficient (Wildman–Crippen LogP) is 11.0. The van der Waals surface area contributed by atoms with Crippen molar-refractivity contribution >= 4 is 32.3 Å². The second-order valence-electron chi connectivity index (χ2n) is 19.0. The number of hydrogen-bond donors (Lipinski definition) is 1. The first-order valence-corrected chi connectivity index (χ1v) is 23.6. The van der Waals surface area contributed by atoms with Crippen molar-refractivity contribution in [2.45, 2.75) is 145 Å². The molecule has 0 radical (unpaired) electrons. The number of carbonyl (C=O) groups excluding carboxylic acids is 4. The number of benzene rings is 3. The average molecular weight is 900 g/mol. The summed E-state index contributed by atoms with van der Waals surface area (Å²) in [4.78, 5) is 54.5. The van der Waals surface area contributed by atoms with E-state index in [0.29, 0.717) is 66.8 Å². The molecule has 3 aromatic rings. The maximum absolute atomic E-state index is 14.3. The number of hydrogen-bond acceptors (Lipinski definition) is 12. The van der Waals surface area contributed by atoms with E-state index in [4.69, 9.17) is 33.3 Å². The summed E-state index contributed by atoms with van der Waals surface area (Å²) in [6.07, 6.45) is 4.70. The number of carbonyl (C=O) groups is 4. The number of nitrogens with one attached hydrogen (secondary N) is 1. The summed E-state index contributed by atoms with van der Waals surface area (Å²) in [5.74, 6) is -1.50. The van der Waals surface area contributed by atoms with Crippen LogP contribution in [-0.2, 0) is 33.8 Å². The van der Waals surface area contributed by atoms with E-state index in [-0.39, 0.29) is 41.0 Å². The van der Waals surface area contributed by atoms with Crippen molar-refractivity contribution in [3.8, 4) is 29.1 Å². The maximum atomic E-state index is 14.3. The molecule has 14 heteroatoms. The lowest BCUT2D eigenvalue weighted by Crippen LogP contribution is -2.35. The second-order valence-corrected chi connectivity index (χ2v) is 20.4. The van der Waals surface area contributed by atoms with Crippen LogP contribution in [0.15, 0.2) is 54.6 Å². The van der Waals surface area contributed by atoms with Gasteiger partial charge in [0.25, 0.3) is 8.53 Å². The standard InChI is InChI=1S/C50H66N3O10P/c1-12-20-35(44(54)52-26-17-13-14-18-27-58-64(59-28-19-25-51)53(32(2)3)33(4)5)37-30-40-43(31-41(37)62-47(57)49(9,10)11)61-42-29-34(60-46(56)48(6,7)8)23-24-39(42)50(40)38-22-16-15-21-36(38)45(55)63-50/h15-16,21-24,29-33,35H,12-14,17-20,26-28H2,1-11H3,(H,52,54). The highest BCUT2D eigenvalue weighted by Crippen LogP contribution is 2.58. The third-order valence-electron chi connectivity index (χ3n) is 11.0. The van der Waals surface area contributed by atoms with Crippen molar-refractivity contribution in [2.75, 3.05) is 19.8 Å².